The highest BCUT2D eigenvalue weighted by atomic mass is 16.5. The summed E-state index contributed by atoms with van der Waals surface area (Å²) in [5.74, 6) is 1.73. The van der Waals surface area contributed by atoms with Gasteiger partial charge in [0, 0.05) is 11.1 Å². The van der Waals surface area contributed by atoms with Crippen molar-refractivity contribution < 1.29 is 4.74 Å². The van der Waals surface area contributed by atoms with E-state index in [4.69, 9.17) is 4.74 Å². The third kappa shape index (κ3) is 11.3. The molecule has 1 nitrogen and oxygen atoms in total. The summed E-state index contributed by atoms with van der Waals surface area (Å²) in [5.41, 5.74) is 4.87. The highest BCUT2D eigenvalue weighted by Gasteiger charge is 2.08. The highest BCUT2D eigenvalue weighted by molar-refractivity contribution is 5.61. The van der Waals surface area contributed by atoms with Crippen LogP contribution in [0.5, 0.6) is 11.5 Å². The topological polar surface area (TPSA) is 9.23 Å². The van der Waals surface area contributed by atoms with E-state index in [9.17, 15) is 0 Å². The third-order valence-corrected chi connectivity index (χ3v) is 6.95. The summed E-state index contributed by atoms with van der Waals surface area (Å²) in [6, 6.07) is 13.1. The Bertz CT molecular complexity index is 791. The Morgan fingerprint density at radius 1 is 0.543 bits per heavy atom. The second-order valence-corrected chi connectivity index (χ2v) is 10.00. The van der Waals surface area contributed by atoms with Crippen LogP contribution in [0, 0.1) is 0 Å². The van der Waals surface area contributed by atoms with Gasteiger partial charge in [-0.15, -0.1) is 0 Å². The Hall–Kier alpha value is -2.28. The van der Waals surface area contributed by atoms with Crippen LogP contribution < -0.4 is 4.74 Å². The van der Waals surface area contributed by atoms with Crippen LogP contribution in [0.15, 0.2) is 49.6 Å². The minimum atomic E-state index is 0.867. The largest absolute Gasteiger partial charge is 0.456 e. The van der Waals surface area contributed by atoms with Gasteiger partial charge in [-0.05, 0) is 61.1 Å². The molecule has 0 aromatic heterocycles. The fourth-order valence-electron chi connectivity index (χ4n) is 4.70. The number of benzene rings is 2. The standard InChI is InChI=1S/C34H50O/c1-5-9-11-13-15-17-19-21-29-23-25-33(31(7-3)27-29)35-34-26-24-30(28-32(34)8-4)22-20-18-16-14-12-10-6-2/h7-8,23-28H,3-6,9-22H2,1-2H3. The maximum atomic E-state index is 6.35. The molecular formula is C34H50O. The molecule has 0 fully saturated rings. The molecule has 0 unspecified atom stereocenters. The zero-order valence-corrected chi connectivity index (χ0v) is 22.8. The van der Waals surface area contributed by atoms with Crippen LogP contribution in [0.2, 0.25) is 0 Å². The summed E-state index contributed by atoms with van der Waals surface area (Å²) >= 11 is 0. The average Bonchev–Trinajstić information content (AvgIpc) is 2.89. The van der Waals surface area contributed by atoms with Crippen molar-refractivity contribution in [2.45, 2.75) is 117 Å². The lowest BCUT2D eigenvalue weighted by atomic mass is 10.0. The van der Waals surface area contributed by atoms with Crippen molar-refractivity contribution in [1.29, 1.82) is 0 Å². The first-order valence-electron chi connectivity index (χ1n) is 14.4. The molecule has 0 bridgehead atoms. The van der Waals surface area contributed by atoms with Crippen LogP contribution >= 0.6 is 0 Å². The van der Waals surface area contributed by atoms with Crippen molar-refractivity contribution >= 4 is 12.2 Å². The van der Waals surface area contributed by atoms with E-state index in [1.54, 1.807) is 0 Å². The highest BCUT2D eigenvalue weighted by Crippen LogP contribution is 2.31. The summed E-state index contributed by atoms with van der Waals surface area (Å²) in [7, 11) is 0. The molecule has 0 aliphatic carbocycles. The van der Waals surface area contributed by atoms with Gasteiger partial charge in [0.1, 0.15) is 11.5 Å². The number of hydrogen-bond donors (Lipinski definition) is 0. The summed E-state index contributed by atoms with van der Waals surface area (Å²) in [4.78, 5) is 0. The zero-order chi connectivity index (χ0) is 25.1. The molecule has 0 aliphatic rings. The minimum absolute atomic E-state index is 0.867. The molecule has 2 aromatic carbocycles. The minimum Gasteiger partial charge on any atom is -0.456 e. The molecular weight excluding hydrogens is 424 g/mol. The Morgan fingerprint density at radius 3 is 1.29 bits per heavy atom. The van der Waals surface area contributed by atoms with Crippen LogP contribution in [0.25, 0.3) is 12.2 Å². The molecule has 2 aromatic rings. The van der Waals surface area contributed by atoms with Gasteiger partial charge in [-0.3, -0.25) is 0 Å². The molecule has 0 amide bonds. The lowest BCUT2D eigenvalue weighted by Gasteiger charge is -2.14. The average molecular weight is 475 g/mol. The predicted octanol–water partition coefficient (Wildman–Crippen LogP) is 11.4. The van der Waals surface area contributed by atoms with Crippen molar-refractivity contribution in [3.8, 4) is 11.5 Å². The van der Waals surface area contributed by atoms with E-state index in [-0.39, 0.29) is 0 Å². The molecule has 0 atom stereocenters. The summed E-state index contributed by atoms with van der Waals surface area (Å²) in [6.45, 7) is 12.6. The van der Waals surface area contributed by atoms with Gasteiger partial charge in [0.05, 0.1) is 0 Å². The van der Waals surface area contributed by atoms with E-state index in [0.29, 0.717) is 0 Å². The van der Waals surface area contributed by atoms with E-state index < -0.39 is 0 Å². The number of rotatable bonds is 20. The first-order valence-corrected chi connectivity index (χ1v) is 14.4. The molecule has 35 heavy (non-hydrogen) atoms. The van der Waals surface area contributed by atoms with Gasteiger partial charge in [-0.25, -0.2) is 0 Å². The third-order valence-electron chi connectivity index (χ3n) is 6.95. The SMILES string of the molecule is C=Cc1cc(CCCCCCCCC)ccc1Oc1ccc(CCCCCCCCC)cc1C=C. The van der Waals surface area contributed by atoms with Gasteiger partial charge in [0.15, 0.2) is 0 Å². The molecule has 2 rings (SSSR count). The Morgan fingerprint density at radius 2 is 0.914 bits per heavy atom. The van der Waals surface area contributed by atoms with E-state index in [2.05, 4.69) is 63.4 Å². The van der Waals surface area contributed by atoms with Crippen molar-refractivity contribution in [2.24, 2.45) is 0 Å². The van der Waals surface area contributed by atoms with E-state index in [1.165, 1.54) is 101 Å². The summed E-state index contributed by atoms with van der Waals surface area (Å²) in [5, 5.41) is 0. The molecule has 0 spiro atoms. The fraction of sp³-hybridized carbons (Fsp3) is 0.529. The number of unbranched alkanes of at least 4 members (excludes halogenated alkanes) is 12. The quantitative estimate of drug-likeness (QED) is 0.173. The molecule has 0 N–H and O–H groups in total. The second kappa shape index (κ2) is 18.1. The predicted molar refractivity (Wildman–Crippen MR) is 157 cm³/mol. The number of aryl methyl sites for hydroxylation is 2. The van der Waals surface area contributed by atoms with Gasteiger partial charge in [0.25, 0.3) is 0 Å². The smallest absolute Gasteiger partial charge is 0.134 e. The second-order valence-electron chi connectivity index (χ2n) is 10.00. The van der Waals surface area contributed by atoms with Crippen molar-refractivity contribution in [3.63, 3.8) is 0 Å². The first kappa shape index (κ1) is 29.0. The Balaban J connectivity index is 1.87. The molecule has 192 valence electrons. The molecule has 0 radical (unpaired) electrons. The van der Waals surface area contributed by atoms with Gasteiger partial charge in [-0.1, -0.05) is 128 Å². The van der Waals surface area contributed by atoms with Crippen LogP contribution in [0.3, 0.4) is 0 Å². The lowest BCUT2D eigenvalue weighted by Crippen LogP contribution is -1.94. The number of ether oxygens (including phenoxy) is 1. The summed E-state index contributed by atoms with van der Waals surface area (Å²) in [6.07, 6.45) is 24.8. The molecule has 0 aliphatic heterocycles. The van der Waals surface area contributed by atoms with Gasteiger partial charge in [0.2, 0.25) is 0 Å². The first-order chi connectivity index (χ1) is 17.2. The molecule has 0 saturated carbocycles. The maximum Gasteiger partial charge on any atom is 0.134 e. The molecule has 0 saturated heterocycles. The lowest BCUT2D eigenvalue weighted by molar-refractivity contribution is 0.480. The normalized spacial score (nSPS) is 10.9. The monoisotopic (exact) mass is 474 g/mol. The Labute approximate surface area is 216 Å². The zero-order valence-electron chi connectivity index (χ0n) is 22.8. The van der Waals surface area contributed by atoms with Crippen molar-refractivity contribution in [3.05, 3.63) is 71.8 Å². The van der Waals surface area contributed by atoms with Crippen molar-refractivity contribution in [2.75, 3.05) is 0 Å². The molecule has 1 heteroatoms. The van der Waals surface area contributed by atoms with Crippen LogP contribution in [0.4, 0.5) is 0 Å². The summed E-state index contributed by atoms with van der Waals surface area (Å²) < 4.78 is 6.35. The van der Waals surface area contributed by atoms with Crippen molar-refractivity contribution in [1.82, 2.24) is 0 Å². The Kier molecular flexibility index (Phi) is 14.9. The fourth-order valence-corrected chi connectivity index (χ4v) is 4.70. The molecule has 0 heterocycles. The van der Waals surface area contributed by atoms with Crippen LogP contribution in [0.1, 0.15) is 126 Å². The van der Waals surface area contributed by atoms with E-state index in [0.717, 1.165) is 35.5 Å². The van der Waals surface area contributed by atoms with Gasteiger partial charge < -0.3 is 4.74 Å². The van der Waals surface area contributed by atoms with Gasteiger partial charge in [-0.2, -0.15) is 0 Å². The van der Waals surface area contributed by atoms with E-state index >= 15 is 0 Å². The van der Waals surface area contributed by atoms with Crippen LogP contribution in [-0.4, -0.2) is 0 Å². The van der Waals surface area contributed by atoms with Crippen LogP contribution in [-0.2, 0) is 12.8 Å². The van der Waals surface area contributed by atoms with Gasteiger partial charge >= 0.3 is 0 Å². The van der Waals surface area contributed by atoms with E-state index in [1.807, 2.05) is 12.2 Å². The number of hydrogen-bond acceptors (Lipinski definition) is 1. The maximum absolute atomic E-state index is 6.35.